The first-order valence-corrected chi connectivity index (χ1v) is 7.89. The molecule has 0 atom stereocenters. The standard InChI is InChI=1S/C19H24N4O/c1-15(2)16-8-5-9-17(14-16)19(3,4)22-18(24)23(12-6-10-20)13-7-11-21/h5,8-9,14H,1,6-7,12-13H2,2-4H3,(H,22,24). The van der Waals surface area contributed by atoms with Gasteiger partial charge in [0.25, 0.3) is 0 Å². The number of benzene rings is 1. The molecule has 0 saturated carbocycles. The number of hydrogen-bond donors (Lipinski definition) is 1. The monoisotopic (exact) mass is 324 g/mol. The van der Waals surface area contributed by atoms with Crippen molar-refractivity contribution in [3.63, 3.8) is 0 Å². The van der Waals surface area contributed by atoms with E-state index in [2.05, 4.69) is 11.9 Å². The number of nitrogens with zero attached hydrogens (tertiary/aromatic N) is 3. The van der Waals surface area contributed by atoms with Crippen molar-refractivity contribution in [1.29, 1.82) is 10.5 Å². The van der Waals surface area contributed by atoms with Crippen molar-refractivity contribution in [2.45, 2.75) is 39.2 Å². The number of carbonyl (C=O) groups is 1. The molecule has 0 unspecified atom stereocenters. The van der Waals surface area contributed by atoms with E-state index in [9.17, 15) is 4.79 Å². The van der Waals surface area contributed by atoms with Crippen LogP contribution in [-0.2, 0) is 5.54 Å². The third kappa shape index (κ3) is 5.44. The van der Waals surface area contributed by atoms with Crippen molar-refractivity contribution >= 4 is 11.6 Å². The fourth-order valence-electron chi connectivity index (χ4n) is 2.28. The molecule has 1 rings (SSSR count). The van der Waals surface area contributed by atoms with E-state index in [-0.39, 0.29) is 18.9 Å². The van der Waals surface area contributed by atoms with Crippen LogP contribution in [0.5, 0.6) is 0 Å². The van der Waals surface area contributed by atoms with Gasteiger partial charge in [-0.1, -0.05) is 30.4 Å². The summed E-state index contributed by atoms with van der Waals surface area (Å²) in [4.78, 5) is 14.1. The summed E-state index contributed by atoms with van der Waals surface area (Å²) in [6.45, 7) is 10.4. The number of amides is 2. The SMILES string of the molecule is C=C(C)c1cccc(C(C)(C)NC(=O)N(CCC#N)CCC#N)c1. The molecule has 0 spiro atoms. The average Bonchev–Trinajstić information content (AvgIpc) is 2.54. The molecule has 126 valence electrons. The fraction of sp³-hybridized carbons (Fsp3) is 0.421. The molecule has 1 N–H and O–H groups in total. The molecule has 0 radical (unpaired) electrons. The van der Waals surface area contributed by atoms with Crippen LogP contribution in [0.25, 0.3) is 5.57 Å². The fourth-order valence-corrected chi connectivity index (χ4v) is 2.28. The summed E-state index contributed by atoms with van der Waals surface area (Å²) in [6.07, 6.45) is 0.481. The van der Waals surface area contributed by atoms with Gasteiger partial charge in [-0.15, -0.1) is 0 Å². The predicted molar refractivity (Wildman–Crippen MR) is 94.7 cm³/mol. The zero-order valence-electron chi connectivity index (χ0n) is 14.6. The molecule has 0 aromatic heterocycles. The van der Waals surface area contributed by atoms with E-state index in [1.165, 1.54) is 4.90 Å². The Morgan fingerprint density at radius 2 is 1.83 bits per heavy atom. The highest BCUT2D eigenvalue weighted by Crippen LogP contribution is 2.23. The summed E-state index contributed by atoms with van der Waals surface area (Å²) >= 11 is 0. The first-order valence-electron chi connectivity index (χ1n) is 7.89. The molecule has 0 heterocycles. The van der Waals surface area contributed by atoms with Crippen molar-refractivity contribution in [2.24, 2.45) is 0 Å². The first-order chi connectivity index (χ1) is 11.3. The summed E-state index contributed by atoms with van der Waals surface area (Å²) < 4.78 is 0. The van der Waals surface area contributed by atoms with Crippen LogP contribution >= 0.6 is 0 Å². The maximum atomic E-state index is 12.5. The quantitative estimate of drug-likeness (QED) is 0.828. The minimum absolute atomic E-state index is 0.240. The molecule has 1 aromatic carbocycles. The normalized spacial score (nSPS) is 10.4. The maximum Gasteiger partial charge on any atom is 0.318 e. The number of nitriles is 2. The van der Waals surface area contributed by atoms with Crippen LogP contribution in [0.2, 0.25) is 0 Å². The molecule has 0 aliphatic heterocycles. The molecule has 1 aromatic rings. The molecule has 2 amide bonds. The van der Waals surface area contributed by atoms with E-state index >= 15 is 0 Å². The summed E-state index contributed by atoms with van der Waals surface area (Å²) in [6, 6.07) is 11.7. The lowest BCUT2D eigenvalue weighted by atomic mass is 9.92. The average molecular weight is 324 g/mol. The Balaban J connectivity index is 2.92. The summed E-state index contributed by atoms with van der Waals surface area (Å²) in [5.41, 5.74) is 2.38. The van der Waals surface area contributed by atoms with Gasteiger partial charge in [0.2, 0.25) is 0 Å². The molecular weight excluding hydrogens is 300 g/mol. The third-order valence-electron chi connectivity index (χ3n) is 3.77. The van der Waals surface area contributed by atoms with Crippen LogP contribution in [0.1, 0.15) is 44.7 Å². The lowest BCUT2D eigenvalue weighted by Gasteiger charge is -2.31. The van der Waals surface area contributed by atoms with Crippen molar-refractivity contribution in [2.75, 3.05) is 13.1 Å². The molecule has 0 saturated heterocycles. The number of rotatable bonds is 7. The van der Waals surface area contributed by atoms with Gasteiger partial charge in [0.05, 0.1) is 30.5 Å². The molecule has 24 heavy (non-hydrogen) atoms. The van der Waals surface area contributed by atoms with E-state index in [1.807, 2.05) is 57.2 Å². The second kappa shape index (κ2) is 8.74. The highest BCUT2D eigenvalue weighted by Gasteiger charge is 2.25. The zero-order chi connectivity index (χ0) is 18.2. The van der Waals surface area contributed by atoms with E-state index < -0.39 is 5.54 Å². The van der Waals surface area contributed by atoms with Gasteiger partial charge in [-0.05, 0) is 38.0 Å². The van der Waals surface area contributed by atoms with E-state index in [0.717, 1.165) is 16.7 Å². The lowest BCUT2D eigenvalue weighted by molar-refractivity contribution is 0.188. The highest BCUT2D eigenvalue weighted by molar-refractivity contribution is 5.75. The van der Waals surface area contributed by atoms with Crippen molar-refractivity contribution < 1.29 is 4.79 Å². The van der Waals surface area contributed by atoms with Crippen LogP contribution < -0.4 is 5.32 Å². The highest BCUT2D eigenvalue weighted by atomic mass is 16.2. The van der Waals surface area contributed by atoms with Crippen LogP contribution in [0, 0.1) is 22.7 Å². The van der Waals surface area contributed by atoms with Crippen molar-refractivity contribution in [3.8, 4) is 12.1 Å². The molecular formula is C19H24N4O. The Bertz CT molecular complexity index is 661. The molecule has 0 bridgehead atoms. The number of hydrogen-bond acceptors (Lipinski definition) is 3. The topological polar surface area (TPSA) is 79.9 Å². The number of allylic oxidation sites excluding steroid dienone is 1. The lowest BCUT2D eigenvalue weighted by Crippen LogP contribution is -2.49. The second-order valence-electron chi connectivity index (χ2n) is 6.22. The number of carbonyl (C=O) groups excluding carboxylic acids is 1. The third-order valence-corrected chi connectivity index (χ3v) is 3.77. The molecule has 0 aliphatic rings. The second-order valence-corrected chi connectivity index (χ2v) is 6.22. The molecule has 5 heteroatoms. The molecule has 0 fully saturated rings. The Labute approximate surface area is 144 Å². The minimum Gasteiger partial charge on any atom is -0.329 e. The van der Waals surface area contributed by atoms with Crippen molar-refractivity contribution in [1.82, 2.24) is 10.2 Å². The van der Waals surface area contributed by atoms with Gasteiger partial charge in [-0.2, -0.15) is 10.5 Å². The van der Waals surface area contributed by atoms with Crippen LogP contribution in [0.3, 0.4) is 0 Å². The van der Waals surface area contributed by atoms with Crippen LogP contribution in [-0.4, -0.2) is 24.0 Å². The first kappa shape index (κ1) is 19.3. The van der Waals surface area contributed by atoms with Gasteiger partial charge in [0.1, 0.15) is 0 Å². The smallest absolute Gasteiger partial charge is 0.318 e. The number of nitrogens with one attached hydrogen (secondary N) is 1. The van der Waals surface area contributed by atoms with Gasteiger partial charge in [-0.25, -0.2) is 4.79 Å². The molecule has 5 nitrogen and oxygen atoms in total. The Morgan fingerprint density at radius 1 is 1.25 bits per heavy atom. The van der Waals surface area contributed by atoms with Gasteiger partial charge < -0.3 is 10.2 Å². The Morgan fingerprint density at radius 3 is 2.33 bits per heavy atom. The summed E-state index contributed by atoms with van der Waals surface area (Å²) in [5, 5.41) is 20.5. The Kier molecular flexibility index (Phi) is 7.01. The summed E-state index contributed by atoms with van der Waals surface area (Å²) in [7, 11) is 0. The van der Waals surface area contributed by atoms with Crippen LogP contribution in [0.4, 0.5) is 4.79 Å². The van der Waals surface area contributed by atoms with Gasteiger partial charge in [-0.3, -0.25) is 0 Å². The van der Waals surface area contributed by atoms with E-state index in [1.54, 1.807) is 0 Å². The van der Waals surface area contributed by atoms with Gasteiger partial charge in [0.15, 0.2) is 0 Å². The van der Waals surface area contributed by atoms with E-state index in [0.29, 0.717) is 13.1 Å². The van der Waals surface area contributed by atoms with Crippen LogP contribution in [0.15, 0.2) is 30.8 Å². The van der Waals surface area contributed by atoms with Gasteiger partial charge >= 0.3 is 6.03 Å². The van der Waals surface area contributed by atoms with Gasteiger partial charge in [0, 0.05) is 13.1 Å². The summed E-state index contributed by atoms with van der Waals surface area (Å²) in [5.74, 6) is 0. The Hall–Kier alpha value is -2.79. The minimum atomic E-state index is -0.583. The molecule has 0 aliphatic carbocycles. The van der Waals surface area contributed by atoms with E-state index in [4.69, 9.17) is 10.5 Å². The number of urea groups is 1. The predicted octanol–water partition coefficient (Wildman–Crippen LogP) is 3.79. The largest absolute Gasteiger partial charge is 0.329 e. The maximum absolute atomic E-state index is 12.5. The van der Waals surface area contributed by atoms with Crippen molar-refractivity contribution in [3.05, 3.63) is 42.0 Å². The zero-order valence-corrected chi connectivity index (χ0v) is 14.6.